The van der Waals surface area contributed by atoms with Crippen LogP contribution < -0.4 is 4.90 Å². The minimum Gasteiger partial charge on any atom is -0.347 e. The monoisotopic (exact) mass is 409 g/mol. The lowest BCUT2D eigenvalue weighted by Gasteiger charge is -2.34. The third kappa shape index (κ3) is 3.74. The Balaban J connectivity index is 1.38. The summed E-state index contributed by atoms with van der Waals surface area (Å²) in [6.07, 6.45) is 1.81. The molecule has 0 N–H and O–H groups in total. The van der Waals surface area contributed by atoms with Crippen LogP contribution in [0.15, 0.2) is 53.6 Å². The maximum absolute atomic E-state index is 12.8. The van der Waals surface area contributed by atoms with Crippen molar-refractivity contribution in [2.24, 2.45) is 0 Å². The second kappa shape index (κ2) is 7.76. The Labute approximate surface area is 176 Å². The number of allylic oxidation sites excluding steroid dienone is 1. The van der Waals surface area contributed by atoms with Gasteiger partial charge in [-0.05, 0) is 23.1 Å². The maximum Gasteiger partial charge on any atom is 0.264 e. The van der Waals surface area contributed by atoms with Gasteiger partial charge in [0.1, 0.15) is 0 Å². The Hall–Kier alpha value is -2.44. The lowest BCUT2D eigenvalue weighted by molar-refractivity contribution is -0.116. The molecule has 1 aromatic heterocycles. The summed E-state index contributed by atoms with van der Waals surface area (Å²) in [6, 6.07) is 12.1. The Morgan fingerprint density at radius 1 is 1.07 bits per heavy atom. The Bertz CT molecular complexity index is 941. The molecule has 1 saturated heterocycles. The summed E-state index contributed by atoms with van der Waals surface area (Å²) < 4.78 is 0. The molecule has 2 aromatic rings. The SMILES string of the molecule is CN1/C(=C\C(=O)CN2CCN(C(=O)c3cccs3)CC2)C(C)(C)c2ccccc21. The molecular formula is C23H27N3O2S. The first-order valence-corrected chi connectivity index (χ1v) is 10.9. The van der Waals surface area contributed by atoms with Crippen LogP contribution in [0.1, 0.15) is 29.1 Å². The molecule has 0 atom stereocenters. The quantitative estimate of drug-likeness (QED) is 0.726. The Morgan fingerprint density at radius 3 is 2.45 bits per heavy atom. The van der Waals surface area contributed by atoms with Gasteiger partial charge in [0.05, 0.1) is 11.4 Å². The van der Waals surface area contributed by atoms with Gasteiger partial charge in [-0.3, -0.25) is 14.5 Å². The zero-order valence-corrected chi connectivity index (χ0v) is 18.0. The number of fused-ring (bicyclic) bond motifs is 1. The Morgan fingerprint density at radius 2 is 1.79 bits per heavy atom. The van der Waals surface area contributed by atoms with E-state index < -0.39 is 0 Å². The fraction of sp³-hybridized carbons (Fsp3) is 0.391. The van der Waals surface area contributed by atoms with Crippen LogP contribution >= 0.6 is 11.3 Å². The summed E-state index contributed by atoms with van der Waals surface area (Å²) in [4.78, 5) is 32.2. The molecule has 29 heavy (non-hydrogen) atoms. The highest BCUT2D eigenvalue weighted by Gasteiger charge is 2.38. The number of hydrogen-bond donors (Lipinski definition) is 0. The molecule has 152 valence electrons. The normalized spacial score (nSPS) is 20.2. The number of amides is 1. The highest BCUT2D eigenvalue weighted by atomic mass is 32.1. The average molecular weight is 410 g/mol. The van der Waals surface area contributed by atoms with Crippen LogP contribution in [0.5, 0.6) is 0 Å². The number of para-hydroxylation sites is 1. The van der Waals surface area contributed by atoms with Crippen LogP contribution in [0.3, 0.4) is 0 Å². The van der Waals surface area contributed by atoms with Crippen LogP contribution in [0.4, 0.5) is 5.69 Å². The summed E-state index contributed by atoms with van der Waals surface area (Å²) in [5, 5.41) is 1.93. The smallest absolute Gasteiger partial charge is 0.264 e. The van der Waals surface area contributed by atoms with Crippen LogP contribution in [-0.2, 0) is 10.2 Å². The first-order valence-electron chi connectivity index (χ1n) is 10.0. The number of anilines is 1. The van der Waals surface area contributed by atoms with Crippen LogP contribution in [0.25, 0.3) is 0 Å². The summed E-state index contributed by atoms with van der Waals surface area (Å²) in [7, 11) is 2.03. The average Bonchev–Trinajstić information content (AvgIpc) is 3.31. The van der Waals surface area contributed by atoms with Crippen molar-refractivity contribution in [3.8, 4) is 0 Å². The summed E-state index contributed by atoms with van der Waals surface area (Å²) in [5.41, 5.74) is 3.27. The van der Waals surface area contributed by atoms with Gasteiger partial charge in [-0.1, -0.05) is 38.1 Å². The van der Waals surface area contributed by atoms with Crippen molar-refractivity contribution in [3.05, 3.63) is 64.0 Å². The van der Waals surface area contributed by atoms with Gasteiger partial charge < -0.3 is 9.80 Å². The lowest BCUT2D eigenvalue weighted by atomic mass is 9.83. The molecule has 1 amide bonds. The molecule has 1 fully saturated rings. The van der Waals surface area contributed by atoms with E-state index in [9.17, 15) is 9.59 Å². The second-order valence-electron chi connectivity index (χ2n) is 8.24. The number of rotatable bonds is 4. The molecule has 2 aliphatic heterocycles. The van der Waals surface area contributed by atoms with E-state index in [4.69, 9.17) is 0 Å². The maximum atomic E-state index is 12.8. The molecule has 6 heteroatoms. The number of piperazine rings is 1. The van der Waals surface area contributed by atoms with E-state index in [1.165, 1.54) is 16.9 Å². The van der Waals surface area contributed by atoms with Gasteiger partial charge in [0.25, 0.3) is 5.91 Å². The lowest BCUT2D eigenvalue weighted by Crippen LogP contribution is -2.49. The van der Waals surface area contributed by atoms with E-state index in [0.717, 1.165) is 29.4 Å². The number of likely N-dealkylation sites (N-methyl/N-ethyl adjacent to an activating group) is 1. The number of ketones is 1. The molecule has 0 aliphatic carbocycles. The zero-order chi connectivity index (χ0) is 20.6. The predicted molar refractivity (Wildman–Crippen MR) is 118 cm³/mol. The number of nitrogens with zero attached hydrogens (tertiary/aromatic N) is 3. The standard InChI is InChI=1S/C23H27N3O2S/c1-23(2)18-7-4-5-8-19(18)24(3)21(23)15-17(27)16-25-10-12-26(13-11-25)22(28)20-9-6-14-29-20/h4-9,14-15H,10-13,16H2,1-3H3/b21-15-. The second-order valence-corrected chi connectivity index (χ2v) is 9.19. The number of thiophene rings is 1. The van der Waals surface area contributed by atoms with Crippen molar-refractivity contribution < 1.29 is 9.59 Å². The number of carbonyl (C=O) groups is 2. The molecule has 0 saturated carbocycles. The highest BCUT2D eigenvalue weighted by molar-refractivity contribution is 7.12. The third-order valence-corrected chi connectivity index (χ3v) is 6.87. The van der Waals surface area contributed by atoms with Gasteiger partial charge >= 0.3 is 0 Å². The van der Waals surface area contributed by atoms with Gasteiger partial charge in [-0.25, -0.2) is 0 Å². The van der Waals surface area contributed by atoms with Crippen molar-refractivity contribution >= 4 is 28.7 Å². The molecule has 4 rings (SSSR count). The van der Waals surface area contributed by atoms with Gasteiger partial charge in [0.2, 0.25) is 0 Å². The molecule has 1 aromatic carbocycles. The van der Waals surface area contributed by atoms with E-state index in [2.05, 4.69) is 41.8 Å². The van der Waals surface area contributed by atoms with E-state index in [1.54, 1.807) is 0 Å². The first kappa shape index (κ1) is 19.9. The fourth-order valence-corrected chi connectivity index (χ4v) is 5.03. The van der Waals surface area contributed by atoms with Gasteiger partial charge in [-0.2, -0.15) is 0 Å². The van der Waals surface area contributed by atoms with Gasteiger partial charge in [0.15, 0.2) is 5.78 Å². The minimum atomic E-state index is -0.188. The third-order valence-electron chi connectivity index (χ3n) is 6.01. The van der Waals surface area contributed by atoms with Gasteiger partial charge in [-0.15, -0.1) is 11.3 Å². The molecule has 0 radical (unpaired) electrons. The van der Waals surface area contributed by atoms with Crippen molar-refractivity contribution in [1.82, 2.24) is 9.80 Å². The first-order chi connectivity index (χ1) is 13.9. The van der Waals surface area contributed by atoms with Crippen LogP contribution in [0.2, 0.25) is 0 Å². The molecule has 0 unspecified atom stereocenters. The zero-order valence-electron chi connectivity index (χ0n) is 17.2. The van der Waals surface area contributed by atoms with Gasteiger partial charge in [0, 0.05) is 56.1 Å². The predicted octanol–water partition coefficient (Wildman–Crippen LogP) is 3.39. The number of carbonyl (C=O) groups excluding carboxylic acids is 2. The number of hydrogen-bond acceptors (Lipinski definition) is 5. The van der Waals surface area contributed by atoms with E-state index >= 15 is 0 Å². The number of benzene rings is 1. The molecule has 2 aliphatic rings. The van der Waals surface area contributed by atoms with E-state index in [-0.39, 0.29) is 17.1 Å². The van der Waals surface area contributed by atoms with Crippen molar-refractivity contribution in [3.63, 3.8) is 0 Å². The molecule has 0 bridgehead atoms. The topological polar surface area (TPSA) is 43.9 Å². The largest absolute Gasteiger partial charge is 0.347 e. The highest BCUT2D eigenvalue weighted by Crippen LogP contribution is 2.46. The van der Waals surface area contributed by atoms with Crippen molar-refractivity contribution in [1.29, 1.82) is 0 Å². The fourth-order valence-electron chi connectivity index (χ4n) is 4.34. The Kier molecular flexibility index (Phi) is 5.32. The molecule has 3 heterocycles. The summed E-state index contributed by atoms with van der Waals surface area (Å²) in [6.45, 7) is 7.52. The molecular weight excluding hydrogens is 382 g/mol. The van der Waals surface area contributed by atoms with Crippen molar-refractivity contribution in [2.75, 3.05) is 44.7 Å². The minimum absolute atomic E-state index is 0.0974. The molecule has 0 spiro atoms. The summed E-state index contributed by atoms with van der Waals surface area (Å²) in [5.74, 6) is 0.214. The van der Waals surface area contributed by atoms with E-state index in [0.29, 0.717) is 19.6 Å². The van der Waals surface area contributed by atoms with E-state index in [1.807, 2.05) is 41.6 Å². The molecule has 5 nitrogen and oxygen atoms in total. The van der Waals surface area contributed by atoms with Crippen LogP contribution in [0, 0.1) is 0 Å². The summed E-state index contributed by atoms with van der Waals surface area (Å²) >= 11 is 1.48. The van der Waals surface area contributed by atoms with Crippen LogP contribution in [-0.4, -0.2) is 61.3 Å². The van der Waals surface area contributed by atoms with Crippen molar-refractivity contribution in [2.45, 2.75) is 19.3 Å².